The van der Waals surface area contributed by atoms with Crippen LogP contribution >= 0.6 is 15.9 Å². The Bertz CT molecular complexity index is 877. The maximum Gasteiger partial charge on any atom is 0.352 e. The van der Waals surface area contributed by atoms with E-state index in [9.17, 15) is 4.79 Å². The van der Waals surface area contributed by atoms with Gasteiger partial charge in [0, 0.05) is 0 Å². The molecule has 0 aliphatic carbocycles. The van der Waals surface area contributed by atoms with Crippen LogP contribution in [0.25, 0.3) is 16.8 Å². The fourth-order valence-electron chi connectivity index (χ4n) is 2.39. The summed E-state index contributed by atoms with van der Waals surface area (Å²) in [5.74, 6) is 0. The molecule has 4 nitrogen and oxygen atoms in total. The van der Waals surface area contributed by atoms with Crippen LogP contribution in [0.2, 0.25) is 0 Å². The maximum atomic E-state index is 11.9. The molecule has 0 unspecified atom stereocenters. The predicted octanol–water partition coefficient (Wildman–Crippen LogP) is 3.67. The van der Waals surface area contributed by atoms with Gasteiger partial charge in [-0.25, -0.2) is 4.79 Å². The summed E-state index contributed by atoms with van der Waals surface area (Å²) in [7, 11) is 0. The third-order valence-electron chi connectivity index (χ3n) is 3.43. The molecule has 0 N–H and O–H groups in total. The van der Waals surface area contributed by atoms with Crippen LogP contribution in [-0.4, -0.2) is 9.78 Å². The molecule has 0 saturated heterocycles. The minimum Gasteiger partial charge on any atom is -0.403 e. The van der Waals surface area contributed by atoms with Crippen LogP contribution < -0.4 is 5.63 Å². The van der Waals surface area contributed by atoms with Crippen LogP contribution in [0.15, 0.2) is 37.9 Å². The number of hydrogen-bond acceptors (Lipinski definition) is 3. The van der Waals surface area contributed by atoms with Crippen molar-refractivity contribution in [1.29, 1.82) is 0 Å². The van der Waals surface area contributed by atoms with Crippen molar-refractivity contribution >= 4 is 27.0 Å². The second-order valence-electron chi connectivity index (χ2n) is 4.79. The van der Waals surface area contributed by atoms with Gasteiger partial charge in [-0.05, 0) is 53.9 Å². The molecular weight excluding hydrogens is 320 g/mol. The van der Waals surface area contributed by atoms with Gasteiger partial charge in [-0.1, -0.05) is 18.2 Å². The first-order chi connectivity index (χ1) is 9.50. The van der Waals surface area contributed by atoms with E-state index >= 15 is 0 Å². The standard InChI is InChI=1S/C15H13BrN2O2/c1-8-6-4-5-7-11(8)18-14-12(10(3)17-18)9(2)13(16)15(19)20-14/h4-7H,1-3H3. The number of rotatable bonds is 1. The molecule has 0 fully saturated rings. The first-order valence-corrected chi connectivity index (χ1v) is 7.04. The Kier molecular flexibility index (Phi) is 3.01. The molecule has 0 spiro atoms. The number of aryl methyl sites for hydroxylation is 3. The summed E-state index contributed by atoms with van der Waals surface area (Å²) in [6.07, 6.45) is 0. The topological polar surface area (TPSA) is 48.0 Å². The lowest BCUT2D eigenvalue weighted by Gasteiger charge is -2.06. The summed E-state index contributed by atoms with van der Waals surface area (Å²) < 4.78 is 7.58. The number of nitrogens with zero attached hydrogens (tertiary/aromatic N) is 2. The minimum absolute atomic E-state index is 0.385. The Hall–Kier alpha value is -1.88. The smallest absolute Gasteiger partial charge is 0.352 e. The first kappa shape index (κ1) is 13.1. The summed E-state index contributed by atoms with van der Waals surface area (Å²) >= 11 is 3.27. The summed E-state index contributed by atoms with van der Waals surface area (Å²) in [6.45, 7) is 5.80. The van der Waals surface area contributed by atoms with Crippen molar-refractivity contribution in [3.05, 3.63) is 56.0 Å². The number of hydrogen-bond donors (Lipinski definition) is 0. The number of benzene rings is 1. The summed E-state index contributed by atoms with van der Waals surface area (Å²) in [6, 6.07) is 7.87. The van der Waals surface area contributed by atoms with Crippen molar-refractivity contribution in [2.24, 2.45) is 0 Å². The van der Waals surface area contributed by atoms with Gasteiger partial charge in [0.05, 0.1) is 16.8 Å². The van der Waals surface area contributed by atoms with Crippen LogP contribution in [0.3, 0.4) is 0 Å². The van der Waals surface area contributed by atoms with E-state index in [4.69, 9.17) is 4.42 Å². The average molecular weight is 333 g/mol. The Morgan fingerprint density at radius 2 is 1.90 bits per heavy atom. The lowest BCUT2D eigenvalue weighted by atomic mass is 10.2. The summed E-state index contributed by atoms with van der Waals surface area (Å²) in [5, 5.41) is 5.40. The molecule has 0 aliphatic heterocycles. The Balaban J connectivity index is 2.46. The van der Waals surface area contributed by atoms with Crippen molar-refractivity contribution in [1.82, 2.24) is 9.78 Å². The second kappa shape index (κ2) is 4.59. The fourth-order valence-corrected chi connectivity index (χ4v) is 2.67. The molecule has 0 bridgehead atoms. The highest BCUT2D eigenvalue weighted by Crippen LogP contribution is 2.28. The molecule has 2 aromatic heterocycles. The van der Waals surface area contributed by atoms with Crippen LogP contribution in [-0.2, 0) is 0 Å². The van der Waals surface area contributed by atoms with Gasteiger partial charge in [-0.2, -0.15) is 9.78 Å². The summed E-state index contributed by atoms with van der Waals surface area (Å²) in [5.41, 5.74) is 3.78. The van der Waals surface area contributed by atoms with E-state index in [1.807, 2.05) is 45.0 Å². The van der Waals surface area contributed by atoms with Gasteiger partial charge in [0.25, 0.3) is 0 Å². The largest absolute Gasteiger partial charge is 0.403 e. The van der Waals surface area contributed by atoms with Crippen LogP contribution in [0.5, 0.6) is 0 Å². The zero-order valence-corrected chi connectivity index (χ0v) is 13.0. The summed E-state index contributed by atoms with van der Waals surface area (Å²) in [4.78, 5) is 11.9. The van der Waals surface area contributed by atoms with Gasteiger partial charge < -0.3 is 4.42 Å². The van der Waals surface area contributed by atoms with Gasteiger partial charge in [-0.3, -0.25) is 0 Å². The molecule has 0 amide bonds. The molecule has 0 aliphatic rings. The number of fused-ring (bicyclic) bond motifs is 1. The van der Waals surface area contributed by atoms with Gasteiger partial charge in [0.1, 0.15) is 4.47 Å². The Morgan fingerprint density at radius 3 is 2.60 bits per heavy atom. The van der Waals surface area contributed by atoms with E-state index < -0.39 is 0 Å². The van der Waals surface area contributed by atoms with Crippen molar-refractivity contribution in [3.63, 3.8) is 0 Å². The highest BCUT2D eigenvalue weighted by Gasteiger charge is 2.18. The first-order valence-electron chi connectivity index (χ1n) is 6.25. The third kappa shape index (κ3) is 1.81. The normalized spacial score (nSPS) is 11.2. The van der Waals surface area contributed by atoms with Gasteiger partial charge in [0.15, 0.2) is 0 Å². The molecule has 3 aromatic rings. The van der Waals surface area contributed by atoms with Gasteiger partial charge in [-0.15, -0.1) is 0 Å². The van der Waals surface area contributed by atoms with E-state index in [1.165, 1.54) is 0 Å². The lowest BCUT2D eigenvalue weighted by molar-refractivity contribution is 0.530. The van der Waals surface area contributed by atoms with E-state index in [0.29, 0.717) is 10.2 Å². The van der Waals surface area contributed by atoms with E-state index in [0.717, 1.165) is 27.9 Å². The lowest BCUT2D eigenvalue weighted by Crippen LogP contribution is -2.05. The molecular formula is C15H13BrN2O2. The van der Waals surface area contributed by atoms with Crippen molar-refractivity contribution in [2.75, 3.05) is 0 Å². The van der Waals surface area contributed by atoms with Gasteiger partial charge >= 0.3 is 5.63 Å². The molecule has 102 valence electrons. The van der Waals surface area contributed by atoms with Crippen LogP contribution in [0, 0.1) is 20.8 Å². The van der Waals surface area contributed by atoms with Gasteiger partial charge in [0.2, 0.25) is 5.71 Å². The van der Waals surface area contributed by atoms with Crippen molar-refractivity contribution in [2.45, 2.75) is 20.8 Å². The quantitative estimate of drug-likeness (QED) is 0.683. The molecule has 0 radical (unpaired) electrons. The van der Waals surface area contributed by atoms with Crippen molar-refractivity contribution < 1.29 is 4.42 Å². The predicted molar refractivity (Wildman–Crippen MR) is 81.5 cm³/mol. The number of aromatic nitrogens is 2. The van der Waals surface area contributed by atoms with E-state index in [2.05, 4.69) is 21.0 Å². The Morgan fingerprint density at radius 1 is 1.20 bits per heavy atom. The third-order valence-corrected chi connectivity index (χ3v) is 4.35. The van der Waals surface area contributed by atoms with Crippen molar-refractivity contribution in [3.8, 4) is 5.69 Å². The highest BCUT2D eigenvalue weighted by molar-refractivity contribution is 9.10. The number of para-hydroxylation sites is 1. The second-order valence-corrected chi connectivity index (χ2v) is 5.59. The zero-order valence-electron chi connectivity index (χ0n) is 11.4. The SMILES string of the molecule is Cc1ccccc1-n1nc(C)c2c(C)c(Br)c(=O)oc21. The molecule has 2 heterocycles. The minimum atomic E-state index is -0.385. The molecule has 20 heavy (non-hydrogen) atoms. The van der Waals surface area contributed by atoms with Crippen LogP contribution in [0.4, 0.5) is 0 Å². The maximum absolute atomic E-state index is 11.9. The molecule has 0 saturated carbocycles. The molecule has 5 heteroatoms. The Labute approximate surface area is 124 Å². The fraction of sp³-hybridized carbons (Fsp3) is 0.200. The highest BCUT2D eigenvalue weighted by atomic mass is 79.9. The monoisotopic (exact) mass is 332 g/mol. The zero-order chi connectivity index (χ0) is 14.4. The van der Waals surface area contributed by atoms with E-state index in [1.54, 1.807) is 4.68 Å². The molecule has 0 atom stereocenters. The number of halogens is 1. The molecule has 3 rings (SSSR count). The van der Waals surface area contributed by atoms with E-state index in [-0.39, 0.29) is 5.63 Å². The average Bonchev–Trinajstić information content (AvgIpc) is 2.73. The van der Waals surface area contributed by atoms with Crippen LogP contribution in [0.1, 0.15) is 16.8 Å². The molecule has 1 aromatic carbocycles.